The number of nitrogens with zero attached hydrogens (tertiary/aromatic N) is 1. The molecule has 6 nitrogen and oxygen atoms in total. The van der Waals surface area contributed by atoms with Crippen LogP contribution in [0.25, 0.3) is 0 Å². The summed E-state index contributed by atoms with van der Waals surface area (Å²) in [5, 5.41) is 8.88. The Morgan fingerprint density at radius 1 is 1.15 bits per heavy atom. The lowest BCUT2D eigenvalue weighted by atomic mass is 10.1. The van der Waals surface area contributed by atoms with E-state index < -0.39 is 0 Å². The van der Waals surface area contributed by atoms with Crippen LogP contribution in [0.15, 0.2) is 48.7 Å². The van der Waals surface area contributed by atoms with Gasteiger partial charge in [0.05, 0.1) is 18.2 Å². The molecule has 1 saturated heterocycles. The molecule has 1 aromatic carbocycles. The first-order valence-electron chi connectivity index (χ1n) is 8.02. The minimum Gasteiger partial charge on any atom is -0.346 e. The summed E-state index contributed by atoms with van der Waals surface area (Å²) in [5.41, 5.74) is 1.94. The monoisotopic (exact) mass is 396 g/mol. The van der Waals surface area contributed by atoms with Gasteiger partial charge in [0.2, 0.25) is 5.91 Å². The standard InChI is InChI=1S/C18H20N4O2.2ClH/c23-17(21-12-16-5-1-2-8-20-16)13-4-3-6-15(10-13)22-18(24)14-7-9-19-11-14;;/h1-6,8,10,14,19H,7,9,11-12H2,(H,21,23)(H,22,24);2*1H. The van der Waals surface area contributed by atoms with Crippen molar-refractivity contribution in [1.82, 2.24) is 15.6 Å². The van der Waals surface area contributed by atoms with Gasteiger partial charge in [0.15, 0.2) is 0 Å². The Morgan fingerprint density at radius 3 is 2.69 bits per heavy atom. The maximum Gasteiger partial charge on any atom is 0.251 e. The van der Waals surface area contributed by atoms with Crippen LogP contribution >= 0.6 is 24.8 Å². The highest BCUT2D eigenvalue weighted by molar-refractivity contribution is 5.97. The molecule has 3 rings (SSSR count). The Hall–Kier alpha value is -2.15. The summed E-state index contributed by atoms with van der Waals surface area (Å²) >= 11 is 0. The molecule has 140 valence electrons. The van der Waals surface area contributed by atoms with Gasteiger partial charge in [-0.25, -0.2) is 0 Å². The van der Waals surface area contributed by atoms with Gasteiger partial charge in [-0.1, -0.05) is 12.1 Å². The van der Waals surface area contributed by atoms with Crippen molar-refractivity contribution in [2.24, 2.45) is 5.92 Å². The van der Waals surface area contributed by atoms with E-state index in [1.165, 1.54) is 0 Å². The zero-order chi connectivity index (χ0) is 16.8. The first-order valence-corrected chi connectivity index (χ1v) is 8.02. The molecule has 1 aliphatic rings. The number of carbonyl (C=O) groups excluding carboxylic acids is 2. The highest BCUT2D eigenvalue weighted by Crippen LogP contribution is 2.15. The third kappa shape index (κ3) is 5.98. The third-order valence-corrected chi connectivity index (χ3v) is 3.98. The topological polar surface area (TPSA) is 83.1 Å². The zero-order valence-electron chi connectivity index (χ0n) is 14.1. The van der Waals surface area contributed by atoms with Crippen molar-refractivity contribution >= 4 is 42.3 Å². The molecule has 26 heavy (non-hydrogen) atoms. The van der Waals surface area contributed by atoms with Crippen molar-refractivity contribution in [3.05, 3.63) is 59.9 Å². The quantitative estimate of drug-likeness (QED) is 0.724. The van der Waals surface area contributed by atoms with Gasteiger partial charge in [-0.15, -0.1) is 24.8 Å². The summed E-state index contributed by atoms with van der Waals surface area (Å²) < 4.78 is 0. The predicted molar refractivity (Wildman–Crippen MR) is 106 cm³/mol. The highest BCUT2D eigenvalue weighted by Gasteiger charge is 2.22. The largest absolute Gasteiger partial charge is 0.346 e. The molecule has 1 unspecified atom stereocenters. The molecule has 2 amide bonds. The molecule has 1 fully saturated rings. The van der Waals surface area contributed by atoms with Gasteiger partial charge in [0, 0.05) is 24.0 Å². The number of aromatic nitrogens is 1. The van der Waals surface area contributed by atoms with Crippen LogP contribution in [0.3, 0.4) is 0 Å². The fraction of sp³-hybridized carbons (Fsp3) is 0.278. The lowest BCUT2D eigenvalue weighted by Gasteiger charge is -2.11. The van der Waals surface area contributed by atoms with Gasteiger partial charge in [-0.3, -0.25) is 14.6 Å². The molecule has 1 aromatic heterocycles. The Balaban J connectivity index is 0.00000169. The number of benzene rings is 1. The molecule has 0 spiro atoms. The molecule has 3 N–H and O–H groups in total. The Bertz CT molecular complexity index is 722. The molecule has 2 aromatic rings. The van der Waals surface area contributed by atoms with E-state index in [0.29, 0.717) is 24.3 Å². The van der Waals surface area contributed by atoms with Gasteiger partial charge >= 0.3 is 0 Å². The van der Waals surface area contributed by atoms with Crippen LogP contribution < -0.4 is 16.0 Å². The number of rotatable bonds is 5. The van der Waals surface area contributed by atoms with Crippen LogP contribution in [0.5, 0.6) is 0 Å². The maximum absolute atomic E-state index is 12.3. The van der Waals surface area contributed by atoms with Crippen molar-refractivity contribution in [2.45, 2.75) is 13.0 Å². The van der Waals surface area contributed by atoms with Crippen LogP contribution in [0.4, 0.5) is 5.69 Å². The second-order valence-corrected chi connectivity index (χ2v) is 5.76. The molecule has 0 radical (unpaired) electrons. The molecule has 2 heterocycles. The average Bonchev–Trinajstić information content (AvgIpc) is 3.15. The fourth-order valence-corrected chi connectivity index (χ4v) is 2.64. The Kier molecular flexibility index (Phi) is 9.05. The molecule has 1 atom stereocenters. The summed E-state index contributed by atoms with van der Waals surface area (Å²) in [7, 11) is 0. The van der Waals surface area contributed by atoms with E-state index in [2.05, 4.69) is 20.9 Å². The maximum atomic E-state index is 12.3. The lowest BCUT2D eigenvalue weighted by Crippen LogP contribution is -2.25. The molecule has 0 bridgehead atoms. The Morgan fingerprint density at radius 2 is 2.00 bits per heavy atom. The minimum absolute atomic E-state index is 0. The first-order chi connectivity index (χ1) is 11.7. The normalized spacial score (nSPS) is 15.3. The lowest BCUT2D eigenvalue weighted by molar-refractivity contribution is -0.119. The molecule has 1 aliphatic heterocycles. The van der Waals surface area contributed by atoms with Crippen LogP contribution in [-0.2, 0) is 11.3 Å². The van der Waals surface area contributed by atoms with Gasteiger partial charge < -0.3 is 16.0 Å². The molecule has 8 heteroatoms. The Labute approximate surface area is 165 Å². The number of halogens is 2. The van der Waals surface area contributed by atoms with E-state index in [-0.39, 0.29) is 42.5 Å². The SMILES string of the molecule is Cl.Cl.O=C(NCc1ccccn1)c1cccc(NC(=O)C2CCNC2)c1. The zero-order valence-corrected chi connectivity index (χ0v) is 15.7. The van der Waals surface area contributed by atoms with E-state index in [1.807, 2.05) is 18.2 Å². The number of hydrogen-bond donors (Lipinski definition) is 3. The summed E-state index contributed by atoms with van der Waals surface area (Å²) in [5.74, 6) is -0.211. The van der Waals surface area contributed by atoms with Gasteiger partial charge in [-0.05, 0) is 43.3 Å². The van der Waals surface area contributed by atoms with Crippen LogP contribution in [0.1, 0.15) is 22.5 Å². The van der Waals surface area contributed by atoms with Gasteiger partial charge in [-0.2, -0.15) is 0 Å². The smallest absolute Gasteiger partial charge is 0.251 e. The van der Waals surface area contributed by atoms with Gasteiger partial charge in [0.25, 0.3) is 5.91 Å². The minimum atomic E-state index is -0.195. The average molecular weight is 397 g/mol. The number of hydrogen-bond acceptors (Lipinski definition) is 4. The van der Waals surface area contributed by atoms with E-state index in [0.717, 1.165) is 18.7 Å². The van der Waals surface area contributed by atoms with Crippen molar-refractivity contribution in [3.63, 3.8) is 0 Å². The van der Waals surface area contributed by atoms with E-state index >= 15 is 0 Å². The van der Waals surface area contributed by atoms with Crippen LogP contribution in [-0.4, -0.2) is 29.9 Å². The first kappa shape index (κ1) is 21.9. The summed E-state index contributed by atoms with van der Waals surface area (Å²) in [6.07, 6.45) is 2.53. The third-order valence-electron chi connectivity index (χ3n) is 3.98. The number of carbonyl (C=O) groups is 2. The van der Waals surface area contributed by atoms with Crippen molar-refractivity contribution < 1.29 is 9.59 Å². The van der Waals surface area contributed by atoms with Crippen LogP contribution in [0.2, 0.25) is 0 Å². The van der Waals surface area contributed by atoms with E-state index in [4.69, 9.17) is 0 Å². The number of pyridine rings is 1. The van der Waals surface area contributed by atoms with Crippen molar-refractivity contribution in [3.8, 4) is 0 Å². The second kappa shape index (κ2) is 10.8. The molecular weight excluding hydrogens is 375 g/mol. The predicted octanol–water partition coefficient (Wildman–Crippen LogP) is 2.40. The highest BCUT2D eigenvalue weighted by atomic mass is 35.5. The summed E-state index contributed by atoms with van der Waals surface area (Å²) in [4.78, 5) is 28.6. The van der Waals surface area contributed by atoms with Gasteiger partial charge in [0.1, 0.15) is 0 Å². The number of amides is 2. The molecule has 0 saturated carbocycles. The van der Waals surface area contributed by atoms with Crippen molar-refractivity contribution in [2.75, 3.05) is 18.4 Å². The second-order valence-electron chi connectivity index (χ2n) is 5.76. The summed E-state index contributed by atoms with van der Waals surface area (Å²) in [6, 6.07) is 12.5. The van der Waals surface area contributed by atoms with Crippen LogP contribution in [0, 0.1) is 5.92 Å². The number of anilines is 1. The van der Waals surface area contributed by atoms with E-state index in [1.54, 1.807) is 30.5 Å². The van der Waals surface area contributed by atoms with E-state index in [9.17, 15) is 9.59 Å². The fourth-order valence-electron chi connectivity index (χ4n) is 2.64. The molecule has 0 aliphatic carbocycles. The van der Waals surface area contributed by atoms with Crippen molar-refractivity contribution in [1.29, 1.82) is 0 Å². The number of nitrogens with one attached hydrogen (secondary N) is 3. The molecular formula is C18H22Cl2N4O2. The summed E-state index contributed by atoms with van der Waals surface area (Å²) in [6.45, 7) is 1.94.